The van der Waals surface area contributed by atoms with Crippen LogP contribution in [0.5, 0.6) is 0 Å². The van der Waals surface area contributed by atoms with Gasteiger partial charge in [0.1, 0.15) is 4.75 Å². The van der Waals surface area contributed by atoms with Crippen LogP contribution in [0.25, 0.3) is 0 Å². The van der Waals surface area contributed by atoms with E-state index in [0.717, 1.165) is 19.3 Å². The van der Waals surface area contributed by atoms with Gasteiger partial charge in [-0.3, -0.25) is 4.55 Å². The molecular formula is C10H26Cl2N2O3S. The van der Waals surface area contributed by atoms with Gasteiger partial charge in [0.05, 0.1) is 5.34 Å². The van der Waals surface area contributed by atoms with Crippen LogP contribution in [0.1, 0.15) is 46.5 Å². The van der Waals surface area contributed by atoms with Gasteiger partial charge in [-0.1, -0.05) is 26.2 Å². The Bertz CT molecular complexity index is 285. The van der Waals surface area contributed by atoms with Crippen molar-refractivity contribution in [2.45, 2.75) is 57.2 Å². The third-order valence-corrected chi connectivity index (χ3v) is 4.31. The highest BCUT2D eigenvalue weighted by Gasteiger charge is 2.38. The lowest BCUT2D eigenvalue weighted by Gasteiger charge is -2.28. The molecule has 18 heavy (non-hydrogen) atoms. The first-order chi connectivity index (χ1) is 7.65. The lowest BCUT2D eigenvalue weighted by molar-refractivity contribution is 0.393. The molecule has 1 unspecified atom stereocenters. The van der Waals surface area contributed by atoms with Crippen molar-refractivity contribution in [3.05, 3.63) is 0 Å². The second-order valence-corrected chi connectivity index (χ2v) is 7.09. The Kier molecular flexibility index (Phi) is 14.7. The second-order valence-electron chi connectivity index (χ2n) is 4.28. The van der Waals surface area contributed by atoms with Crippen LogP contribution in [0.15, 0.2) is 0 Å². The molecule has 0 bridgehead atoms. The maximum Gasteiger partial charge on any atom is 0.271 e. The molecule has 0 heterocycles. The average Bonchev–Trinajstić information content (AvgIpc) is 2.17. The molecule has 6 N–H and O–H groups in total. The lowest BCUT2D eigenvalue weighted by Crippen LogP contribution is -2.48. The summed E-state index contributed by atoms with van der Waals surface area (Å²) in [4.78, 5) is 0. The molecule has 0 radical (unpaired) electrons. The van der Waals surface area contributed by atoms with Crippen LogP contribution < -0.4 is 11.9 Å². The topological polar surface area (TPSA) is 115 Å². The van der Waals surface area contributed by atoms with Crippen LogP contribution in [-0.4, -0.2) is 29.1 Å². The Morgan fingerprint density at radius 2 is 1.67 bits per heavy atom. The fourth-order valence-corrected chi connectivity index (χ4v) is 1.65. The molecule has 0 saturated heterocycles. The molecule has 0 fully saturated rings. The van der Waals surface area contributed by atoms with Crippen LogP contribution >= 0.6 is 23.2 Å². The lowest BCUT2D eigenvalue weighted by atomic mass is 9.98. The van der Waals surface area contributed by atoms with Gasteiger partial charge in [0.25, 0.3) is 10.1 Å². The summed E-state index contributed by atoms with van der Waals surface area (Å²) in [5.41, 5.74) is 5.74. The van der Waals surface area contributed by atoms with Crippen molar-refractivity contribution in [1.29, 1.82) is 0 Å². The van der Waals surface area contributed by atoms with Crippen molar-refractivity contribution in [3.8, 4) is 0 Å². The zero-order chi connectivity index (χ0) is 14.1. The van der Waals surface area contributed by atoms with Gasteiger partial charge in [-0.05, 0) is 20.3 Å². The van der Waals surface area contributed by atoms with Gasteiger partial charge >= 0.3 is 0 Å². The summed E-state index contributed by atoms with van der Waals surface area (Å²) >= 11 is 9.53. The summed E-state index contributed by atoms with van der Waals surface area (Å²) in [6, 6.07) is -0.510. The van der Waals surface area contributed by atoms with Gasteiger partial charge in [-0.25, -0.2) is 0 Å². The molecule has 0 aromatic rings. The van der Waals surface area contributed by atoms with Crippen LogP contribution in [0.2, 0.25) is 0 Å². The second kappa shape index (κ2) is 11.3. The van der Waals surface area contributed by atoms with Crippen LogP contribution in [0, 0.1) is 0 Å². The molecule has 0 aliphatic rings. The summed E-state index contributed by atoms with van der Waals surface area (Å²) < 4.78 is 29.7. The van der Waals surface area contributed by atoms with E-state index in [1.807, 2.05) is 0 Å². The first-order valence-corrected chi connectivity index (χ1v) is 8.00. The quantitative estimate of drug-likeness (QED) is 0.394. The van der Waals surface area contributed by atoms with Gasteiger partial charge in [-0.15, -0.1) is 23.2 Å². The number of hydrogen-bond donors (Lipinski definition) is 3. The van der Waals surface area contributed by atoms with E-state index in [1.54, 1.807) is 0 Å². The number of hydrogen-bond acceptors (Lipinski definition) is 4. The van der Waals surface area contributed by atoms with Crippen LogP contribution in [-0.2, 0) is 10.1 Å². The van der Waals surface area contributed by atoms with E-state index < -0.39 is 20.9 Å². The molecule has 0 aliphatic carbocycles. The Hall–Kier alpha value is 0.410. The number of halogens is 2. The summed E-state index contributed by atoms with van der Waals surface area (Å²) in [7, 11) is -4.06. The van der Waals surface area contributed by atoms with E-state index in [2.05, 4.69) is 6.92 Å². The predicted octanol–water partition coefficient (Wildman–Crippen LogP) is 3.14. The summed E-state index contributed by atoms with van der Waals surface area (Å²) in [6.07, 6.45) is 3.63. The molecule has 0 amide bonds. The van der Waals surface area contributed by atoms with E-state index in [4.69, 9.17) is 33.5 Å². The minimum atomic E-state index is -4.06. The summed E-state index contributed by atoms with van der Waals surface area (Å²) in [6.45, 7) is 4.98. The highest BCUT2D eigenvalue weighted by atomic mass is 35.5. The largest absolute Gasteiger partial charge is 0.344 e. The smallest absolute Gasteiger partial charge is 0.271 e. The third kappa shape index (κ3) is 9.35. The summed E-state index contributed by atoms with van der Waals surface area (Å²) in [5.74, 6) is 0. The Morgan fingerprint density at radius 1 is 1.28 bits per heavy atom. The summed E-state index contributed by atoms with van der Waals surface area (Å²) in [5, 5.41) is 0.194. The highest BCUT2D eigenvalue weighted by molar-refractivity contribution is 7.87. The van der Waals surface area contributed by atoms with Gasteiger partial charge in [-0.2, -0.15) is 8.42 Å². The molecule has 0 aromatic heterocycles. The van der Waals surface area contributed by atoms with Crippen molar-refractivity contribution in [2.75, 3.05) is 5.34 Å². The van der Waals surface area contributed by atoms with Crippen molar-refractivity contribution >= 4 is 33.3 Å². The minimum Gasteiger partial charge on any atom is -0.344 e. The van der Waals surface area contributed by atoms with E-state index >= 15 is 0 Å². The number of unbranched alkanes of at least 4 members (excludes halogenated alkanes) is 2. The fraction of sp³-hybridized carbons (Fsp3) is 1.00. The Balaban J connectivity index is -0.000000507. The molecule has 114 valence electrons. The van der Waals surface area contributed by atoms with E-state index in [1.165, 1.54) is 13.8 Å². The number of nitrogens with two attached hydrogens (primary N) is 1. The Morgan fingerprint density at radius 3 is 1.94 bits per heavy atom. The van der Waals surface area contributed by atoms with Crippen molar-refractivity contribution in [1.82, 2.24) is 6.15 Å². The van der Waals surface area contributed by atoms with Crippen molar-refractivity contribution < 1.29 is 13.0 Å². The SMILES string of the molecule is CCCCCC(N)C(C)(C)S(=O)(=O)O.ClCCl.N. The van der Waals surface area contributed by atoms with Gasteiger partial charge in [0, 0.05) is 6.04 Å². The molecule has 0 aromatic carbocycles. The molecule has 1 atom stereocenters. The van der Waals surface area contributed by atoms with Crippen molar-refractivity contribution in [3.63, 3.8) is 0 Å². The van der Waals surface area contributed by atoms with Gasteiger partial charge in [0.15, 0.2) is 0 Å². The fourth-order valence-electron chi connectivity index (χ4n) is 1.15. The standard InChI is InChI=1S/C9H21NO3S.CH2Cl2.H3N/c1-4-5-6-7-8(10)9(2,3)14(11,12)13;2-1-3;/h8H,4-7,10H2,1-3H3,(H,11,12,13);1H2;1H3. The Labute approximate surface area is 121 Å². The molecule has 0 rings (SSSR count). The van der Waals surface area contributed by atoms with Crippen LogP contribution in [0.4, 0.5) is 0 Å². The number of rotatable bonds is 6. The first kappa shape index (κ1) is 23.5. The monoisotopic (exact) mass is 324 g/mol. The van der Waals surface area contributed by atoms with E-state index in [0.29, 0.717) is 6.42 Å². The molecule has 5 nitrogen and oxygen atoms in total. The maximum atomic E-state index is 11.0. The number of alkyl halides is 2. The van der Waals surface area contributed by atoms with E-state index in [-0.39, 0.29) is 11.5 Å². The van der Waals surface area contributed by atoms with E-state index in [9.17, 15) is 8.42 Å². The molecule has 0 saturated carbocycles. The molecule has 0 spiro atoms. The predicted molar refractivity (Wildman–Crippen MR) is 79.3 cm³/mol. The third-order valence-electron chi connectivity index (χ3n) is 2.68. The zero-order valence-corrected chi connectivity index (χ0v) is 13.7. The van der Waals surface area contributed by atoms with Crippen LogP contribution in [0.3, 0.4) is 0 Å². The van der Waals surface area contributed by atoms with Gasteiger partial charge < -0.3 is 11.9 Å². The minimum absolute atomic E-state index is 0. The highest BCUT2D eigenvalue weighted by Crippen LogP contribution is 2.22. The maximum absolute atomic E-state index is 11.0. The molecule has 8 heteroatoms. The first-order valence-electron chi connectivity index (χ1n) is 5.49. The molecule has 0 aliphatic heterocycles. The molecular weight excluding hydrogens is 299 g/mol. The normalized spacial score (nSPS) is 13.1. The average molecular weight is 325 g/mol. The van der Waals surface area contributed by atoms with Gasteiger partial charge in [0.2, 0.25) is 0 Å². The van der Waals surface area contributed by atoms with Crippen molar-refractivity contribution in [2.24, 2.45) is 5.73 Å². The zero-order valence-electron chi connectivity index (χ0n) is 11.3.